The first-order valence-corrected chi connectivity index (χ1v) is 5.00. The van der Waals surface area contributed by atoms with E-state index >= 15 is 0 Å². The van der Waals surface area contributed by atoms with E-state index in [0.29, 0.717) is 5.82 Å². The molecule has 0 spiro atoms. The average Bonchev–Trinajstić information content (AvgIpc) is 2.20. The summed E-state index contributed by atoms with van der Waals surface area (Å²) in [6, 6.07) is 3.14. The second kappa shape index (κ2) is 4.89. The Labute approximate surface area is 89.7 Å². The zero-order valence-electron chi connectivity index (χ0n) is 9.10. The molecule has 1 rings (SSSR count). The van der Waals surface area contributed by atoms with Crippen LogP contribution in [-0.2, 0) is 11.2 Å². The van der Waals surface area contributed by atoms with Gasteiger partial charge in [0, 0.05) is 18.2 Å². The Kier molecular flexibility index (Phi) is 3.80. The Hall–Kier alpha value is -1.42. The Morgan fingerprint density at radius 1 is 1.53 bits per heavy atom. The fourth-order valence-electron chi connectivity index (χ4n) is 1.28. The molecule has 1 aromatic heterocycles. The number of hydrogen-bond donors (Lipinski definition) is 2. The maximum absolute atomic E-state index is 11.7. The van der Waals surface area contributed by atoms with E-state index in [1.807, 2.05) is 13.8 Å². The predicted octanol–water partition coefficient (Wildman–Crippen LogP) is 0.759. The van der Waals surface area contributed by atoms with Gasteiger partial charge in [-0.1, -0.05) is 19.9 Å². The summed E-state index contributed by atoms with van der Waals surface area (Å²) in [4.78, 5) is 15.6. The van der Waals surface area contributed by atoms with E-state index < -0.39 is 6.04 Å². The van der Waals surface area contributed by atoms with Gasteiger partial charge in [0.25, 0.3) is 0 Å². The van der Waals surface area contributed by atoms with Gasteiger partial charge < -0.3 is 11.5 Å². The van der Waals surface area contributed by atoms with Gasteiger partial charge in [-0.15, -0.1) is 0 Å². The lowest BCUT2D eigenvalue weighted by Gasteiger charge is -2.14. The number of rotatable bonds is 4. The van der Waals surface area contributed by atoms with Crippen LogP contribution in [0.5, 0.6) is 0 Å². The molecule has 0 aromatic carbocycles. The molecule has 0 aliphatic rings. The van der Waals surface area contributed by atoms with Gasteiger partial charge in [0.1, 0.15) is 5.82 Å². The summed E-state index contributed by atoms with van der Waals surface area (Å²) in [5, 5.41) is 0. The second-order valence-corrected chi connectivity index (χ2v) is 3.96. The first kappa shape index (κ1) is 11.7. The lowest BCUT2D eigenvalue weighted by Crippen LogP contribution is -2.36. The van der Waals surface area contributed by atoms with Crippen molar-refractivity contribution < 1.29 is 4.79 Å². The Morgan fingerprint density at radius 3 is 2.73 bits per heavy atom. The number of ketones is 1. The van der Waals surface area contributed by atoms with E-state index in [0.717, 1.165) is 5.56 Å². The highest BCUT2D eigenvalue weighted by molar-refractivity contribution is 5.86. The van der Waals surface area contributed by atoms with Gasteiger partial charge in [-0.3, -0.25) is 4.79 Å². The summed E-state index contributed by atoms with van der Waals surface area (Å²) < 4.78 is 0. The smallest absolute Gasteiger partial charge is 0.154 e. The third-order valence-corrected chi connectivity index (χ3v) is 2.38. The van der Waals surface area contributed by atoms with Crippen LogP contribution in [0.1, 0.15) is 19.4 Å². The molecule has 0 saturated heterocycles. The molecule has 1 unspecified atom stereocenters. The molecule has 1 heterocycles. The number of carbonyl (C=O) groups is 1. The van der Waals surface area contributed by atoms with Crippen LogP contribution in [0, 0.1) is 5.92 Å². The normalized spacial score (nSPS) is 12.8. The van der Waals surface area contributed by atoms with Crippen molar-refractivity contribution in [3.05, 3.63) is 23.9 Å². The molecule has 15 heavy (non-hydrogen) atoms. The van der Waals surface area contributed by atoms with Gasteiger partial charge in [0.15, 0.2) is 5.78 Å². The molecule has 0 bridgehead atoms. The van der Waals surface area contributed by atoms with Crippen molar-refractivity contribution in [1.82, 2.24) is 4.98 Å². The summed E-state index contributed by atoms with van der Waals surface area (Å²) in [7, 11) is 0. The molecule has 1 aromatic rings. The molecule has 0 amide bonds. The van der Waals surface area contributed by atoms with Crippen molar-refractivity contribution in [1.29, 1.82) is 0 Å². The number of carbonyl (C=O) groups excluding carboxylic acids is 1. The Bertz CT molecular complexity index is 349. The molecule has 0 aliphatic heterocycles. The van der Waals surface area contributed by atoms with E-state index in [-0.39, 0.29) is 18.1 Å². The van der Waals surface area contributed by atoms with Crippen LogP contribution in [-0.4, -0.2) is 16.8 Å². The summed E-state index contributed by atoms with van der Waals surface area (Å²) in [6.07, 6.45) is 1.87. The molecule has 0 fully saturated rings. The largest absolute Gasteiger partial charge is 0.383 e. The lowest BCUT2D eigenvalue weighted by molar-refractivity contribution is -0.120. The van der Waals surface area contributed by atoms with E-state index in [9.17, 15) is 4.79 Å². The van der Waals surface area contributed by atoms with Crippen LogP contribution in [0.4, 0.5) is 5.82 Å². The average molecular weight is 207 g/mol. The fourth-order valence-corrected chi connectivity index (χ4v) is 1.28. The molecule has 0 radical (unpaired) electrons. The van der Waals surface area contributed by atoms with Gasteiger partial charge in [-0.25, -0.2) is 4.98 Å². The van der Waals surface area contributed by atoms with Crippen molar-refractivity contribution in [2.45, 2.75) is 26.3 Å². The zero-order valence-corrected chi connectivity index (χ0v) is 9.10. The minimum Gasteiger partial charge on any atom is -0.383 e. The van der Waals surface area contributed by atoms with Crippen LogP contribution < -0.4 is 11.5 Å². The van der Waals surface area contributed by atoms with Crippen LogP contribution in [0.3, 0.4) is 0 Å². The topological polar surface area (TPSA) is 82.0 Å². The van der Waals surface area contributed by atoms with Crippen molar-refractivity contribution in [2.24, 2.45) is 11.7 Å². The highest BCUT2D eigenvalue weighted by Crippen LogP contribution is 2.10. The highest BCUT2D eigenvalue weighted by atomic mass is 16.1. The van der Waals surface area contributed by atoms with Crippen molar-refractivity contribution >= 4 is 11.6 Å². The molecule has 4 heteroatoms. The van der Waals surface area contributed by atoms with E-state index in [1.165, 1.54) is 0 Å². The highest BCUT2D eigenvalue weighted by Gasteiger charge is 2.18. The quantitative estimate of drug-likeness (QED) is 0.763. The maximum Gasteiger partial charge on any atom is 0.154 e. The molecule has 0 saturated carbocycles. The van der Waals surface area contributed by atoms with Crippen LogP contribution in [0.25, 0.3) is 0 Å². The van der Waals surface area contributed by atoms with Crippen LogP contribution in [0.2, 0.25) is 0 Å². The number of hydrogen-bond acceptors (Lipinski definition) is 4. The fraction of sp³-hybridized carbons (Fsp3) is 0.455. The van der Waals surface area contributed by atoms with Gasteiger partial charge in [-0.2, -0.15) is 0 Å². The number of nitrogens with zero attached hydrogens (tertiary/aromatic N) is 1. The molecular formula is C11H17N3O. The minimum atomic E-state index is -0.426. The van der Waals surface area contributed by atoms with Crippen molar-refractivity contribution in [3.63, 3.8) is 0 Å². The first-order valence-electron chi connectivity index (χ1n) is 5.00. The maximum atomic E-state index is 11.7. The number of nitrogen functional groups attached to an aromatic ring is 1. The number of anilines is 1. The third-order valence-electron chi connectivity index (χ3n) is 2.38. The summed E-state index contributed by atoms with van der Waals surface area (Å²) in [5.41, 5.74) is 12.1. The minimum absolute atomic E-state index is 0.00435. The van der Waals surface area contributed by atoms with Crippen LogP contribution in [0.15, 0.2) is 18.3 Å². The van der Waals surface area contributed by atoms with Gasteiger partial charge >= 0.3 is 0 Å². The zero-order chi connectivity index (χ0) is 11.4. The monoisotopic (exact) mass is 207 g/mol. The van der Waals surface area contributed by atoms with Crippen LogP contribution >= 0.6 is 0 Å². The molecule has 4 N–H and O–H groups in total. The number of pyridine rings is 1. The van der Waals surface area contributed by atoms with Crippen molar-refractivity contribution in [2.75, 3.05) is 5.73 Å². The van der Waals surface area contributed by atoms with Crippen molar-refractivity contribution in [3.8, 4) is 0 Å². The number of nitrogens with two attached hydrogens (primary N) is 2. The van der Waals surface area contributed by atoms with E-state index in [1.54, 1.807) is 18.3 Å². The number of Topliss-reactive ketones (excluding diaryl/α,β-unsaturated/α-hetero) is 1. The Balaban J connectivity index is 2.71. The first-order chi connectivity index (χ1) is 7.02. The SMILES string of the molecule is CC(C)C(N)C(=O)Cc1cccnc1N. The van der Waals surface area contributed by atoms with Gasteiger partial charge in [0.2, 0.25) is 0 Å². The molecule has 4 nitrogen and oxygen atoms in total. The van der Waals surface area contributed by atoms with Gasteiger partial charge in [0.05, 0.1) is 6.04 Å². The Morgan fingerprint density at radius 2 is 2.20 bits per heavy atom. The molecule has 1 atom stereocenters. The summed E-state index contributed by atoms with van der Waals surface area (Å²) >= 11 is 0. The predicted molar refractivity (Wildman–Crippen MR) is 60.2 cm³/mol. The molecule has 0 aliphatic carbocycles. The second-order valence-electron chi connectivity index (χ2n) is 3.96. The third kappa shape index (κ3) is 3.02. The van der Waals surface area contributed by atoms with E-state index in [2.05, 4.69) is 4.98 Å². The van der Waals surface area contributed by atoms with Gasteiger partial charge in [-0.05, 0) is 12.0 Å². The summed E-state index contributed by atoms with van der Waals surface area (Å²) in [6.45, 7) is 3.85. The number of aromatic nitrogens is 1. The molecular weight excluding hydrogens is 190 g/mol. The standard InChI is InChI=1S/C11H17N3O/c1-7(2)10(12)9(15)6-8-4-3-5-14-11(8)13/h3-5,7,10H,6,12H2,1-2H3,(H2,13,14). The lowest BCUT2D eigenvalue weighted by atomic mass is 9.96. The summed E-state index contributed by atoms with van der Waals surface area (Å²) in [5.74, 6) is 0.557. The molecule has 82 valence electrons. The van der Waals surface area contributed by atoms with E-state index in [4.69, 9.17) is 11.5 Å².